The van der Waals surface area contributed by atoms with Gasteiger partial charge in [-0.05, 0) is 60.2 Å². The van der Waals surface area contributed by atoms with Gasteiger partial charge in [0.05, 0.1) is 0 Å². The van der Waals surface area contributed by atoms with E-state index in [-0.39, 0.29) is 5.91 Å². The van der Waals surface area contributed by atoms with Gasteiger partial charge < -0.3 is 5.32 Å². The van der Waals surface area contributed by atoms with Crippen LogP contribution in [0.5, 0.6) is 0 Å². The molecule has 0 radical (unpaired) electrons. The van der Waals surface area contributed by atoms with E-state index in [4.69, 9.17) is 0 Å². The lowest BCUT2D eigenvalue weighted by Gasteiger charge is -2.05. The molecular weight excluding hydrogens is 394 g/mol. The van der Waals surface area contributed by atoms with E-state index in [1.165, 1.54) is 4.90 Å². The molecule has 0 aliphatic heterocycles. The van der Waals surface area contributed by atoms with Gasteiger partial charge in [0.1, 0.15) is 0 Å². The highest BCUT2D eigenvalue weighted by molar-refractivity contribution is 9.10. The second kappa shape index (κ2) is 8.70. The molecule has 3 aromatic rings. The molecule has 4 heteroatoms. The number of rotatable bonds is 5. The lowest BCUT2D eigenvalue weighted by molar-refractivity contribution is -0.111. The zero-order valence-electron chi connectivity index (χ0n) is 13.4. The summed E-state index contributed by atoms with van der Waals surface area (Å²) < 4.78 is 1.07. The minimum absolute atomic E-state index is 0.142. The molecule has 0 atom stereocenters. The molecule has 1 N–H and O–H groups in total. The summed E-state index contributed by atoms with van der Waals surface area (Å²) >= 11 is 5.12. The van der Waals surface area contributed by atoms with Crippen molar-refractivity contribution >= 4 is 45.4 Å². The fourth-order valence-corrected chi connectivity index (χ4v) is 3.25. The smallest absolute Gasteiger partial charge is 0.248 e. The molecule has 0 bridgehead atoms. The molecule has 0 fully saturated rings. The Kier molecular flexibility index (Phi) is 6.09. The Hall–Kier alpha value is -2.30. The van der Waals surface area contributed by atoms with Crippen molar-refractivity contribution in [1.29, 1.82) is 0 Å². The molecule has 25 heavy (non-hydrogen) atoms. The SMILES string of the molecule is O=C(/C=C/c1ccccc1)Nc1ccc(Sc2ccc(Br)cc2)cc1. The topological polar surface area (TPSA) is 29.1 Å². The molecule has 124 valence electrons. The Morgan fingerprint density at radius 2 is 1.44 bits per heavy atom. The first-order valence-electron chi connectivity index (χ1n) is 7.77. The van der Waals surface area contributed by atoms with E-state index in [0.717, 1.165) is 20.6 Å². The molecule has 0 unspecified atom stereocenters. The van der Waals surface area contributed by atoms with E-state index >= 15 is 0 Å². The van der Waals surface area contributed by atoms with Crippen LogP contribution in [0.1, 0.15) is 5.56 Å². The Labute approximate surface area is 160 Å². The molecule has 0 aromatic heterocycles. The average molecular weight is 410 g/mol. The fourth-order valence-electron chi connectivity index (χ4n) is 2.17. The largest absolute Gasteiger partial charge is 0.323 e. The highest BCUT2D eigenvalue weighted by atomic mass is 79.9. The molecule has 0 aliphatic rings. The van der Waals surface area contributed by atoms with Crippen LogP contribution in [0.15, 0.2) is 99.2 Å². The second-order valence-electron chi connectivity index (χ2n) is 5.31. The van der Waals surface area contributed by atoms with Gasteiger partial charge in [0.15, 0.2) is 0 Å². The third-order valence-corrected chi connectivity index (χ3v) is 4.94. The number of benzene rings is 3. The first-order valence-corrected chi connectivity index (χ1v) is 9.37. The predicted molar refractivity (Wildman–Crippen MR) is 109 cm³/mol. The van der Waals surface area contributed by atoms with Crippen LogP contribution in [0, 0.1) is 0 Å². The maximum atomic E-state index is 12.0. The van der Waals surface area contributed by atoms with Gasteiger partial charge in [-0.25, -0.2) is 0 Å². The quantitative estimate of drug-likeness (QED) is 0.504. The van der Waals surface area contributed by atoms with Crippen LogP contribution in [0.25, 0.3) is 6.08 Å². The van der Waals surface area contributed by atoms with Crippen LogP contribution in [-0.2, 0) is 4.79 Å². The Morgan fingerprint density at radius 3 is 2.08 bits per heavy atom. The zero-order valence-corrected chi connectivity index (χ0v) is 15.8. The predicted octanol–water partition coefficient (Wildman–Crippen LogP) is 6.25. The van der Waals surface area contributed by atoms with E-state index in [2.05, 4.69) is 33.4 Å². The summed E-state index contributed by atoms with van der Waals surface area (Å²) in [5.41, 5.74) is 1.78. The van der Waals surface area contributed by atoms with Crippen molar-refractivity contribution in [2.24, 2.45) is 0 Å². The van der Waals surface area contributed by atoms with E-state index in [1.807, 2.05) is 66.7 Å². The molecule has 0 spiro atoms. The minimum atomic E-state index is -0.142. The van der Waals surface area contributed by atoms with E-state index < -0.39 is 0 Å². The summed E-state index contributed by atoms with van der Waals surface area (Å²) in [6.07, 6.45) is 3.34. The molecule has 2 nitrogen and oxygen atoms in total. The van der Waals surface area contributed by atoms with Crippen molar-refractivity contribution in [3.8, 4) is 0 Å². The summed E-state index contributed by atoms with van der Waals surface area (Å²) in [5, 5.41) is 2.87. The number of amides is 1. The second-order valence-corrected chi connectivity index (χ2v) is 7.38. The van der Waals surface area contributed by atoms with Gasteiger partial charge in [-0.15, -0.1) is 0 Å². The van der Waals surface area contributed by atoms with Crippen molar-refractivity contribution in [2.45, 2.75) is 9.79 Å². The van der Waals surface area contributed by atoms with Crippen LogP contribution in [-0.4, -0.2) is 5.91 Å². The van der Waals surface area contributed by atoms with Gasteiger partial charge >= 0.3 is 0 Å². The van der Waals surface area contributed by atoms with Crippen molar-refractivity contribution in [2.75, 3.05) is 5.32 Å². The van der Waals surface area contributed by atoms with Crippen LogP contribution in [0.3, 0.4) is 0 Å². The van der Waals surface area contributed by atoms with Gasteiger partial charge in [-0.2, -0.15) is 0 Å². The molecular formula is C21H16BrNOS. The Balaban J connectivity index is 1.57. The van der Waals surface area contributed by atoms with Crippen LogP contribution in [0.4, 0.5) is 5.69 Å². The molecule has 0 saturated heterocycles. The number of hydrogen-bond acceptors (Lipinski definition) is 2. The summed E-state index contributed by atoms with van der Waals surface area (Å²) in [6.45, 7) is 0. The molecule has 0 aliphatic carbocycles. The van der Waals surface area contributed by atoms with Crippen molar-refractivity contribution in [3.05, 3.63) is 95.0 Å². The maximum Gasteiger partial charge on any atom is 0.248 e. The molecule has 3 rings (SSSR count). The van der Waals surface area contributed by atoms with Gasteiger partial charge in [-0.1, -0.05) is 58.0 Å². The number of carbonyl (C=O) groups excluding carboxylic acids is 1. The third-order valence-electron chi connectivity index (χ3n) is 3.40. The lowest BCUT2D eigenvalue weighted by atomic mass is 10.2. The molecule has 3 aromatic carbocycles. The van der Waals surface area contributed by atoms with Crippen molar-refractivity contribution in [1.82, 2.24) is 0 Å². The van der Waals surface area contributed by atoms with Crippen molar-refractivity contribution < 1.29 is 4.79 Å². The molecule has 0 saturated carbocycles. The van der Waals surface area contributed by atoms with Crippen LogP contribution >= 0.6 is 27.7 Å². The summed E-state index contributed by atoms with van der Waals surface area (Å²) in [7, 11) is 0. The third kappa shape index (κ3) is 5.62. The number of nitrogens with one attached hydrogen (secondary N) is 1. The van der Waals surface area contributed by atoms with Gasteiger partial charge in [0, 0.05) is 26.0 Å². The summed E-state index contributed by atoms with van der Waals surface area (Å²) in [5.74, 6) is -0.142. The normalized spacial score (nSPS) is 10.8. The zero-order chi connectivity index (χ0) is 17.5. The van der Waals surface area contributed by atoms with Gasteiger partial charge in [0.25, 0.3) is 0 Å². The van der Waals surface area contributed by atoms with E-state index in [1.54, 1.807) is 23.9 Å². The number of hydrogen-bond donors (Lipinski definition) is 1. The first-order chi connectivity index (χ1) is 12.2. The Morgan fingerprint density at radius 1 is 0.840 bits per heavy atom. The Bertz CT molecular complexity index is 859. The fraction of sp³-hybridized carbons (Fsp3) is 0. The standard InChI is InChI=1S/C21H16BrNOS/c22-17-7-11-19(12-8-17)25-20-13-9-18(10-14-20)23-21(24)15-6-16-4-2-1-3-5-16/h1-15H,(H,23,24)/b15-6+. The summed E-state index contributed by atoms with van der Waals surface area (Å²) in [4.78, 5) is 14.3. The molecule has 0 heterocycles. The van der Waals surface area contributed by atoms with Gasteiger partial charge in [-0.3, -0.25) is 4.79 Å². The number of anilines is 1. The van der Waals surface area contributed by atoms with E-state index in [9.17, 15) is 4.79 Å². The van der Waals surface area contributed by atoms with Gasteiger partial charge in [0.2, 0.25) is 5.91 Å². The van der Waals surface area contributed by atoms with Crippen LogP contribution in [0.2, 0.25) is 0 Å². The summed E-state index contributed by atoms with van der Waals surface area (Å²) in [6, 6.07) is 25.8. The van der Waals surface area contributed by atoms with E-state index in [0.29, 0.717) is 0 Å². The van der Waals surface area contributed by atoms with Crippen molar-refractivity contribution in [3.63, 3.8) is 0 Å². The minimum Gasteiger partial charge on any atom is -0.323 e. The average Bonchev–Trinajstić information content (AvgIpc) is 2.64. The monoisotopic (exact) mass is 409 g/mol. The molecule has 1 amide bonds. The number of halogens is 1. The highest BCUT2D eigenvalue weighted by Crippen LogP contribution is 2.29. The highest BCUT2D eigenvalue weighted by Gasteiger charge is 2.01. The first kappa shape index (κ1) is 17.5. The lowest BCUT2D eigenvalue weighted by Crippen LogP contribution is -2.07. The maximum absolute atomic E-state index is 12.0. The number of carbonyl (C=O) groups is 1. The van der Waals surface area contributed by atoms with Crippen LogP contribution < -0.4 is 5.32 Å².